The number of hydrogen-bond acceptors (Lipinski definition) is 4. The van der Waals surface area contributed by atoms with Crippen molar-refractivity contribution >= 4 is 27.0 Å². The fraction of sp³-hybridized carbons (Fsp3) is 0.556. The van der Waals surface area contributed by atoms with Crippen LogP contribution in [0.1, 0.15) is 26.1 Å². The Bertz CT molecular complexity index is 858. The molecule has 1 saturated heterocycles. The summed E-state index contributed by atoms with van der Waals surface area (Å²) in [6, 6.07) is 7.55. The van der Waals surface area contributed by atoms with Crippen molar-refractivity contribution in [3.8, 4) is 0 Å². The van der Waals surface area contributed by atoms with Gasteiger partial charge in [0.05, 0.1) is 17.3 Å². The molecule has 7 nitrogen and oxygen atoms in total. The molecule has 2 aromatic rings. The number of likely N-dealkylation sites (tertiary alicyclic amines) is 1. The molecule has 1 aromatic heterocycles. The van der Waals surface area contributed by atoms with Crippen LogP contribution in [0.15, 0.2) is 24.3 Å². The number of aromatic amines is 1. The van der Waals surface area contributed by atoms with Crippen molar-refractivity contribution in [2.24, 2.45) is 11.8 Å². The van der Waals surface area contributed by atoms with E-state index in [1.165, 1.54) is 0 Å². The molecule has 1 amide bonds. The minimum absolute atomic E-state index is 0.0360. The van der Waals surface area contributed by atoms with Gasteiger partial charge in [-0.3, -0.25) is 4.79 Å². The van der Waals surface area contributed by atoms with Gasteiger partial charge in [-0.15, -0.1) is 0 Å². The van der Waals surface area contributed by atoms with Crippen molar-refractivity contribution in [3.63, 3.8) is 0 Å². The largest absolute Gasteiger partial charge is 0.342 e. The van der Waals surface area contributed by atoms with Gasteiger partial charge in [0.2, 0.25) is 15.9 Å². The second-order valence-corrected chi connectivity index (χ2v) is 9.18. The van der Waals surface area contributed by atoms with Gasteiger partial charge in [-0.05, 0) is 24.0 Å². The van der Waals surface area contributed by atoms with Crippen molar-refractivity contribution < 1.29 is 13.2 Å². The number of hydrogen-bond donors (Lipinski definition) is 2. The predicted octanol–water partition coefficient (Wildman–Crippen LogP) is 1.53. The van der Waals surface area contributed by atoms with Gasteiger partial charge in [-0.2, -0.15) is 0 Å². The lowest BCUT2D eigenvalue weighted by Crippen LogP contribution is -2.41. The van der Waals surface area contributed by atoms with Gasteiger partial charge in [0, 0.05) is 32.0 Å². The summed E-state index contributed by atoms with van der Waals surface area (Å²) < 4.78 is 25.9. The number of carbonyl (C=O) groups is 1. The van der Waals surface area contributed by atoms with Crippen LogP contribution in [0.5, 0.6) is 0 Å². The number of benzene rings is 1. The Balaban J connectivity index is 1.62. The van der Waals surface area contributed by atoms with Crippen LogP contribution in [0.25, 0.3) is 11.0 Å². The Morgan fingerprint density at radius 2 is 2.08 bits per heavy atom. The van der Waals surface area contributed by atoms with E-state index in [9.17, 15) is 13.2 Å². The highest BCUT2D eigenvalue weighted by atomic mass is 32.2. The maximum absolute atomic E-state index is 12.6. The molecule has 1 aliphatic rings. The first-order valence-corrected chi connectivity index (χ1v) is 10.8. The second kappa shape index (κ2) is 7.36. The summed E-state index contributed by atoms with van der Waals surface area (Å²) in [6.45, 7) is 5.13. The molecule has 2 heterocycles. The highest BCUT2D eigenvalue weighted by Gasteiger charge is 2.37. The van der Waals surface area contributed by atoms with E-state index in [1.54, 1.807) is 4.90 Å². The van der Waals surface area contributed by atoms with Gasteiger partial charge in [0.1, 0.15) is 5.82 Å². The molecule has 2 N–H and O–H groups in total. The molecule has 1 aromatic carbocycles. The number of H-pyrrole nitrogens is 1. The van der Waals surface area contributed by atoms with Crippen LogP contribution >= 0.6 is 0 Å². The van der Waals surface area contributed by atoms with E-state index >= 15 is 0 Å². The number of fused-ring (bicyclic) bond motifs is 1. The van der Waals surface area contributed by atoms with Gasteiger partial charge in [0.25, 0.3) is 0 Å². The van der Waals surface area contributed by atoms with E-state index in [-0.39, 0.29) is 17.9 Å². The Morgan fingerprint density at radius 1 is 1.35 bits per heavy atom. The third kappa shape index (κ3) is 4.42. The fourth-order valence-electron chi connectivity index (χ4n) is 3.62. The van der Waals surface area contributed by atoms with Gasteiger partial charge in [-0.1, -0.05) is 26.0 Å². The zero-order chi connectivity index (χ0) is 18.9. The number of nitrogens with zero attached hydrogens (tertiary/aromatic N) is 2. The molecule has 1 fully saturated rings. The van der Waals surface area contributed by atoms with Crippen LogP contribution in [-0.2, 0) is 21.2 Å². The summed E-state index contributed by atoms with van der Waals surface area (Å²) >= 11 is 0. The quantitative estimate of drug-likeness (QED) is 0.797. The first-order valence-electron chi connectivity index (χ1n) is 8.91. The molecule has 0 aliphatic carbocycles. The van der Waals surface area contributed by atoms with E-state index in [0.29, 0.717) is 31.8 Å². The van der Waals surface area contributed by atoms with Crippen LogP contribution in [0, 0.1) is 11.8 Å². The number of sulfonamides is 1. The van der Waals surface area contributed by atoms with E-state index in [0.717, 1.165) is 23.1 Å². The summed E-state index contributed by atoms with van der Waals surface area (Å²) in [5.41, 5.74) is 1.86. The standard InChI is InChI=1S/C18H26N4O3S/c1-12(2)13-10-22(11-16(13)21-26(3,24)25)18(23)9-8-17-19-14-6-4-5-7-15(14)20-17/h4-7,12-13,16,21H,8-11H2,1-3H3,(H,19,20)/t13-,16+/m0/s1. The third-order valence-electron chi connectivity index (χ3n) is 4.95. The van der Waals surface area contributed by atoms with Crippen LogP contribution in [0.3, 0.4) is 0 Å². The smallest absolute Gasteiger partial charge is 0.223 e. The van der Waals surface area contributed by atoms with Crippen LogP contribution in [-0.4, -0.2) is 54.6 Å². The average Bonchev–Trinajstić information content (AvgIpc) is 3.14. The molecular weight excluding hydrogens is 352 g/mol. The molecule has 0 radical (unpaired) electrons. The predicted molar refractivity (Wildman–Crippen MR) is 101 cm³/mol. The molecule has 3 rings (SSSR count). The molecule has 2 atom stereocenters. The van der Waals surface area contributed by atoms with Crippen molar-refractivity contribution in [3.05, 3.63) is 30.1 Å². The Kier molecular flexibility index (Phi) is 5.34. The van der Waals surface area contributed by atoms with Gasteiger partial charge in [0.15, 0.2) is 0 Å². The van der Waals surface area contributed by atoms with E-state index < -0.39 is 10.0 Å². The molecular formula is C18H26N4O3S. The Labute approximate surface area is 154 Å². The summed E-state index contributed by atoms with van der Waals surface area (Å²) in [7, 11) is -3.30. The number of amides is 1. The van der Waals surface area contributed by atoms with Crippen molar-refractivity contribution in [2.45, 2.75) is 32.7 Å². The molecule has 142 valence electrons. The minimum Gasteiger partial charge on any atom is -0.342 e. The van der Waals surface area contributed by atoms with E-state index in [2.05, 4.69) is 28.5 Å². The molecule has 26 heavy (non-hydrogen) atoms. The average molecular weight is 378 g/mol. The number of aryl methyl sites for hydroxylation is 1. The topological polar surface area (TPSA) is 95.2 Å². The molecule has 1 aliphatic heterocycles. The molecule has 0 saturated carbocycles. The minimum atomic E-state index is -3.30. The van der Waals surface area contributed by atoms with E-state index in [4.69, 9.17) is 0 Å². The highest BCUT2D eigenvalue weighted by Crippen LogP contribution is 2.25. The lowest BCUT2D eigenvalue weighted by Gasteiger charge is -2.21. The second-order valence-electron chi connectivity index (χ2n) is 7.40. The van der Waals surface area contributed by atoms with Crippen molar-refractivity contribution in [1.82, 2.24) is 19.6 Å². The van der Waals surface area contributed by atoms with Crippen LogP contribution < -0.4 is 4.72 Å². The van der Waals surface area contributed by atoms with Crippen molar-refractivity contribution in [2.75, 3.05) is 19.3 Å². The maximum Gasteiger partial charge on any atom is 0.223 e. The number of aromatic nitrogens is 2. The summed E-state index contributed by atoms with van der Waals surface area (Å²) in [4.78, 5) is 22.1. The monoisotopic (exact) mass is 378 g/mol. The number of rotatable bonds is 6. The molecule has 0 unspecified atom stereocenters. The van der Waals surface area contributed by atoms with Gasteiger partial charge >= 0.3 is 0 Å². The highest BCUT2D eigenvalue weighted by molar-refractivity contribution is 7.88. The zero-order valence-electron chi connectivity index (χ0n) is 15.4. The summed E-state index contributed by atoms with van der Waals surface area (Å²) in [5.74, 6) is 1.25. The van der Waals surface area contributed by atoms with E-state index in [1.807, 2.05) is 24.3 Å². The first kappa shape index (κ1) is 18.8. The number of carbonyl (C=O) groups excluding carboxylic acids is 1. The van der Waals surface area contributed by atoms with Crippen LogP contribution in [0.2, 0.25) is 0 Å². The normalized spacial score (nSPS) is 21.0. The third-order valence-corrected chi connectivity index (χ3v) is 5.68. The first-order chi connectivity index (χ1) is 12.2. The Hall–Kier alpha value is -1.93. The SMILES string of the molecule is CC(C)[C@@H]1CN(C(=O)CCc2nc3ccccc3[nH]2)C[C@H]1NS(C)(=O)=O. The summed E-state index contributed by atoms with van der Waals surface area (Å²) in [5, 5.41) is 0. The van der Waals surface area contributed by atoms with Gasteiger partial charge in [-0.25, -0.2) is 18.1 Å². The lowest BCUT2D eigenvalue weighted by atomic mass is 9.92. The lowest BCUT2D eigenvalue weighted by molar-refractivity contribution is -0.130. The zero-order valence-corrected chi connectivity index (χ0v) is 16.2. The number of para-hydroxylation sites is 2. The Morgan fingerprint density at radius 3 is 2.73 bits per heavy atom. The molecule has 8 heteroatoms. The number of imidazole rings is 1. The fourth-order valence-corrected chi connectivity index (χ4v) is 4.41. The molecule has 0 bridgehead atoms. The van der Waals surface area contributed by atoms with Crippen LogP contribution in [0.4, 0.5) is 0 Å². The maximum atomic E-state index is 12.6. The molecule has 0 spiro atoms. The van der Waals surface area contributed by atoms with Crippen molar-refractivity contribution in [1.29, 1.82) is 0 Å². The number of nitrogens with one attached hydrogen (secondary N) is 2. The summed E-state index contributed by atoms with van der Waals surface area (Å²) in [6.07, 6.45) is 2.06. The van der Waals surface area contributed by atoms with Gasteiger partial charge < -0.3 is 9.88 Å².